The number of ketones is 1. The van der Waals surface area contributed by atoms with Crippen molar-refractivity contribution in [2.75, 3.05) is 18.7 Å². The Morgan fingerprint density at radius 1 is 1.22 bits per heavy atom. The van der Waals surface area contributed by atoms with Crippen molar-refractivity contribution in [3.05, 3.63) is 18.2 Å². The molecule has 0 radical (unpaired) electrons. The van der Waals surface area contributed by atoms with Crippen LogP contribution in [0.2, 0.25) is 0 Å². The minimum atomic E-state index is -0.0935. The largest absolute Gasteiger partial charge is 0.454 e. The molecule has 5 nitrogen and oxygen atoms in total. The number of fused-ring (bicyclic) bond motifs is 1. The molecule has 5 heteroatoms. The van der Waals surface area contributed by atoms with Crippen LogP contribution in [0.25, 0.3) is 0 Å². The molecular weight excluding hydrogens is 234 g/mol. The first-order valence-corrected chi connectivity index (χ1v) is 5.73. The molecule has 0 fully saturated rings. The number of Topliss-reactive ketones (excluding diaryl/α,β-unsaturated/α-hetero) is 1. The van der Waals surface area contributed by atoms with Gasteiger partial charge in [0.1, 0.15) is 5.78 Å². The standard InChI is InChI=1S/C13H15NO4/c1-9(15)3-6-13(16)14(2)10-4-5-11-12(7-10)18-8-17-11/h4-5,7H,3,6,8H2,1-2H3. The lowest BCUT2D eigenvalue weighted by molar-refractivity contribution is -0.122. The molecule has 0 saturated heterocycles. The summed E-state index contributed by atoms with van der Waals surface area (Å²) in [6, 6.07) is 5.32. The number of rotatable bonds is 4. The van der Waals surface area contributed by atoms with Gasteiger partial charge in [0.2, 0.25) is 12.7 Å². The van der Waals surface area contributed by atoms with E-state index in [9.17, 15) is 9.59 Å². The molecule has 1 aromatic carbocycles. The lowest BCUT2D eigenvalue weighted by atomic mass is 10.2. The minimum absolute atomic E-state index is 0.0161. The van der Waals surface area contributed by atoms with E-state index in [4.69, 9.17) is 9.47 Å². The predicted molar refractivity (Wildman–Crippen MR) is 65.9 cm³/mol. The lowest BCUT2D eigenvalue weighted by Crippen LogP contribution is -2.26. The summed E-state index contributed by atoms with van der Waals surface area (Å²) < 4.78 is 10.5. The van der Waals surface area contributed by atoms with Crippen molar-refractivity contribution in [2.45, 2.75) is 19.8 Å². The van der Waals surface area contributed by atoms with Gasteiger partial charge in [-0.05, 0) is 19.1 Å². The van der Waals surface area contributed by atoms with Gasteiger partial charge in [-0.15, -0.1) is 0 Å². The second-order valence-corrected chi connectivity index (χ2v) is 4.19. The zero-order chi connectivity index (χ0) is 13.1. The number of anilines is 1. The predicted octanol–water partition coefficient (Wildman–Crippen LogP) is 1.75. The number of ether oxygens (including phenoxy) is 2. The monoisotopic (exact) mass is 249 g/mol. The fourth-order valence-electron chi connectivity index (χ4n) is 1.69. The minimum Gasteiger partial charge on any atom is -0.454 e. The van der Waals surface area contributed by atoms with Gasteiger partial charge in [0.25, 0.3) is 0 Å². The van der Waals surface area contributed by atoms with E-state index in [-0.39, 0.29) is 31.3 Å². The SMILES string of the molecule is CC(=O)CCC(=O)N(C)c1ccc2c(c1)OCO2. The molecule has 0 aliphatic carbocycles. The summed E-state index contributed by atoms with van der Waals surface area (Å²) >= 11 is 0. The summed E-state index contributed by atoms with van der Waals surface area (Å²) in [4.78, 5) is 24.2. The van der Waals surface area contributed by atoms with E-state index >= 15 is 0 Å². The first-order chi connectivity index (χ1) is 8.58. The zero-order valence-corrected chi connectivity index (χ0v) is 10.4. The highest BCUT2D eigenvalue weighted by atomic mass is 16.7. The molecule has 0 N–H and O–H groups in total. The molecule has 1 aliphatic heterocycles. The molecule has 0 aromatic heterocycles. The van der Waals surface area contributed by atoms with Gasteiger partial charge < -0.3 is 19.2 Å². The topological polar surface area (TPSA) is 55.8 Å². The Hall–Kier alpha value is -2.04. The maximum atomic E-state index is 11.8. The van der Waals surface area contributed by atoms with Gasteiger partial charge in [0, 0.05) is 31.6 Å². The lowest BCUT2D eigenvalue weighted by Gasteiger charge is -2.17. The molecule has 1 aliphatic rings. The van der Waals surface area contributed by atoms with E-state index < -0.39 is 0 Å². The molecule has 0 atom stereocenters. The molecule has 1 aromatic rings. The van der Waals surface area contributed by atoms with Gasteiger partial charge >= 0.3 is 0 Å². The van der Waals surface area contributed by atoms with Gasteiger partial charge in [-0.2, -0.15) is 0 Å². The van der Waals surface area contributed by atoms with Crippen LogP contribution in [0.5, 0.6) is 11.5 Å². The van der Waals surface area contributed by atoms with Crippen LogP contribution in [0.4, 0.5) is 5.69 Å². The fraction of sp³-hybridized carbons (Fsp3) is 0.385. The van der Waals surface area contributed by atoms with Crippen molar-refractivity contribution >= 4 is 17.4 Å². The van der Waals surface area contributed by atoms with Crippen molar-refractivity contribution in [2.24, 2.45) is 0 Å². The van der Waals surface area contributed by atoms with Crippen molar-refractivity contribution in [3.63, 3.8) is 0 Å². The first-order valence-electron chi connectivity index (χ1n) is 5.73. The smallest absolute Gasteiger partial charge is 0.231 e. The van der Waals surface area contributed by atoms with Crippen molar-refractivity contribution in [1.82, 2.24) is 0 Å². The fourth-order valence-corrected chi connectivity index (χ4v) is 1.69. The van der Waals surface area contributed by atoms with Crippen molar-refractivity contribution < 1.29 is 19.1 Å². The summed E-state index contributed by atoms with van der Waals surface area (Å²) in [5.74, 6) is 1.24. The molecule has 0 saturated carbocycles. The van der Waals surface area contributed by atoms with Crippen molar-refractivity contribution in [3.8, 4) is 11.5 Å². The van der Waals surface area contributed by atoms with Crippen LogP contribution < -0.4 is 14.4 Å². The number of hydrogen-bond donors (Lipinski definition) is 0. The second-order valence-electron chi connectivity index (χ2n) is 4.19. The maximum absolute atomic E-state index is 11.8. The average Bonchev–Trinajstić information content (AvgIpc) is 2.81. The molecule has 0 bridgehead atoms. The Bertz CT molecular complexity index is 484. The van der Waals surface area contributed by atoms with Crippen LogP contribution in [-0.2, 0) is 9.59 Å². The Morgan fingerprint density at radius 2 is 1.94 bits per heavy atom. The maximum Gasteiger partial charge on any atom is 0.231 e. The summed E-state index contributed by atoms with van der Waals surface area (Å²) in [6.45, 7) is 1.69. The summed E-state index contributed by atoms with van der Waals surface area (Å²) in [5, 5.41) is 0. The number of nitrogens with zero attached hydrogens (tertiary/aromatic N) is 1. The highest BCUT2D eigenvalue weighted by Gasteiger charge is 2.17. The van der Waals surface area contributed by atoms with Crippen LogP contribution >= 0.6 is 0 Å². The summed E-state index contributed by atoms with van der Waals surface area (Å²) in [5.41, 5.74) is 0.729. The number of carbonyl (C=O) groups is 2. The highest BCUT2D eigenvalue weighted by Crippen LogP contribution is 2.35. The van der Waals surface area contributed by atoms with Crippen LogP contribution in [0, 0.1) is 0 Å². The molecule has 18 heavy (non-hydrogen) atoms. The Morgan fingerprint density at radius 3 is 2.67 bits per heavy atom. The van der Waals surface area contributed by atoms with E-state index in [1.54, 1.807) is 25.2 Å². The Labute approximate surface area is 105 Å². The Balaban J connectivity index is 2.06. The molecule has 2 rings (SSSR count). The zero-order valence-electron chi connectivity index (χ0n) is 10.4. The third-order valence-electron chi connectivity index (χ3n) is 2.81. The molecule has 0 spiro atoms. The summed E-state index contributed by atoms with van der Waals surface area (Å²) in [6.07, 6.45) is 0.494. The van der Waals surface area contributed by atoms with Crippen LogP contribution in [0.3, 0.4) is 0 Å². The van der Waals surface area contributed by atoms with Crippen LogP contribution in [-0.4, -0.2) is 25.5 Å². The van der Waals surface area contributed by atoms with Crippen LogP contribution in [0.15, 0.2) is 18.2 Å². The third-order valence-corrected chi connectivity index (χ3v) is 2.81. The van der Waals surface area contributed by atoms with E-state index in [2.05, 4.69) is 0 Å². The molecule has 1 amide bonds. The normalized spacial score (nSPS) is 12.3. The van der Waals surface area contributed by atoms with E-state index in [1.807, 2.05) is 0 Å². The molecule has 0 unspecified atom stereocenters. The first kappa shape index (κ1) is 12.4. The van der Waals surface area contributed by atoms with Gasteiger partial charge in [-0.25, -0.2) is 0 Å². The van der Waals surface area contributed by atoms with E-state index in [1.165, 1.54) is 11.8 Å². The molecular formula is C13H15NO4. The Kier molecular flexibility index (Phi) is 3.50. The average molecular weight is 249 g/mol. The van der Waals surface area contributed by atoms with Gasteiger partial charge in [-0.1, -0.05) is 0 Å². The van der Waals surface area contributed by atoms with Gasteiger partial charge in [0.15, 0.2) is 11.5 Å². The summed E-state index contributed by atoms with van der Waals surface area (Å²) in [7, 11) is 1.68. The quantitative estimate of drug-likeness (QED) is 0.815. The third kappa shape index (κ3) is 2.61. The van der Waals surface area contributed by atoms with Gasteiger partial charge in [0.05, 0.1) is 0 Å². The second kappa shape index (κ2) is 5.08. The number of benzene rings is 1. The van der Waals surface area contributed by atoms with Crippen LogP contribution in [0.1, 0.15) is 19.8 Å². The molecule has 1 heterocycles. The highest BCUT2D eigenvalue weighted by molar-refractivity contribution is 5.95. The van der Waals surface area contributed by atoms with Crippen molar-refractivity contribution in [1.29, 1.82) is 0 Å². The molecule has 96 valence electrons. The van der Waals surface area contributed by atoms with E-state index in [0.717, 1.165) is 5.69 Å². The van der Waals surface area contributed by atoms with E-state index in [0.29, 0.717) is 11.5 Å². The number of carbonyl (C=O) groups excluding carboxylic acids is 2. The number of amides is 1. The number of hydrogen-bond acceptors (Lipinski definition) is 4. The van der Waals surface area contributed by atoms with Gasteiger partial charge in [-0.3, -0.25) is 4.79 Å².